The first-order valence-electron chi connectivity index (χ1n) is 9.45. The summed E-state index contributed by atoms with van der Waals surface area (Å²) in [5, 5.41) is 0. The minimum absolute atomic E-state index is 0.0717. The Kier molecular flexibility index (Phi) is 5.07. The van der Waals surface area contributed by atoms with Gasteiger partial charge in [-0.15, -0.1) is 0 Å². The lowest BCUT2D eigenvalue weighted by atomic mass is 9.69. The number of ether oxygens (including phenoxy) is 5. The van der Waals surface area contributed by atoms with Crippen molar-refractivity contribution in [3.05, 3.63) is 34.9 Å². The first-order valence-corrected chi connectivity index (χ1v) is 9.45. The number of rotatable bonds is 5. The number of nitrogens with zero attached hydrogens (tertiary/aromatic N) is 1. The fourth-order valence-electron chi connectivity index (χ4n) is 5.11. The Labute approximate surface area is 165 Å². The molecule has 152 valence electrons. The number of hydrogen-bond acceptors (Lipinski definition) is 7. The van der Waals surface area contributed by atoms with Crippen LogP contribution in [0.2, 0.25) is 0 Å². The van der Waals surface area contributed by atoms with E-state index >= 15 is 0 Å². The van der Waals surface area contributed by atoms with Crippen LogP contribution in [0, 0.1) is 0 Å². The molecule has 0 radical (unpaired) electrons. The van der Waals surface area contributed by atoms with Gasteiger partial charge in [0.25, 0.3) is 0 Å². The quantitative estimate of drug-likeness (QED) is 0.563. The maximum atomic E-state index is 12.0. The minimum atomic E-state index is -0.465. The molecule has 0 amide bonds. The van der Waals surface area contributed by atoms with Crippen molar-refractivity contribution in [2.24, 2.45) is 0 Å². The maximum absolute atomic E-state index is 12.0. The predicted octanol–water partition coefficient (Wildman–Crippen LogP) is 1.89. The highest BCUT2D eigenvalue weighted by atomic mass is 16.6. The SMILES string of the molecule is COc1cc2c(cc1OC)[C@@H]1[C@H](OC(C)=O)[C@@H](OC)[C@H](OC)C3=CCN(C2)[C@H]31. The highest BCUT2D eigenvalue weighted by molar-refractivity contribution is 5.66. The van der Waals surface area contributed by atoms with E-state index in [1.807, 2.05) is 12.1 Å². The highest BCUT2D eigenvalue weighted by Gasteiger charge is 2.56. The first kappa shape index (κ1) is 19.2. The van der Waals surface area contributed by atoms with E-state index in [1.165, 1.54) is 12.5 Å². The predicted molar refractivity (Wildman–Crippen MR) is 102 cm³/mol. The number of esters is 1. The van der Waals surface area contributed by atoms with Crippen LogP contribution in [0.3, 0.4) is 0 Å². The van der Waals surface area contributed by atoms with Gasteiger partial charge in [0.2, 0.25) is 0 Å². The first-order chi connectivity index (χ1) is 13.5. The van der Waals surface area contributed by atoms with E-state index in [1.54, 1.807) is 28.4 Å². The molecule has 1 aliphatic carbocycles. The Balaban J connectivity index is 1.88. The molecule has 1 aromatic carbocycles. The third kappa shape index (κ3) is 2.80. The van der Waals surface area contributed by atoms with Gasteiger partial charge < -0.3 is 23.7 Å². The molecule has 1 fully saturated rings. The largest absolute Gasteiger partial charge is 0.493 e. The average molecular weight is 389 g/mol. The Morgan fingerprint density at radius 3 is 2.36 bits per heavy atom. The molecule has 1 saturated carbocycles. The molecule has 1 aromatic rings. The standard InChI is InChI=1S/C21H27NO6/c1-11(23)28-20-17-14-9-16(25-3)15(24-2)8-12(14)10-22-7-6-13(18(17)22)19(26-4)21(20)27-5/h6,8-9,17-21H,7,10H2,1-5H3/t17-,18+,19+,20-,21-/m0/s1. The van der Waals surface area contributed by atoms with Gasteiger partial charge in [-0.3, -0.25) is 9.69 Å². The summed E-state index contributed by atoms with van der Waals surface area (Å²) in [6.07, 6.45) is 1.12. The molecular weight excluding hydrogens is 362 g/mol. The van der Waals surface area contributed by atoms with Crippen LogP contribution in [0.5, 0.6) is 11.5 Å². The average Bonchev–Trinajstić information content (AvgIpc) is 3.11. The van der Waals surface area contributed by atoms with E-state index in [0.717, 1.165) is 24.2 Å². The lowest BCUT2D eigenvalue weighted by molar-refractivity contribution is -0.170. The van der Waals surface area contributed by atoms with Crippen molar-refractivity contribution < 1.29 is 28.5 Å². The molecule has 0 saturated heterocycles. The van der Waals surface area contributed by atoms with Gasteiger partial charge in [-0.05, 0) is 28.8 Å². The molecule has 3 aliphatic rings. The minimum Gasteiger partial charge on any atom is -0.493 e. The van der Waals surface area contributed by atoms with Gasteiger partial charge in [-0.25, -0.2) is 0 Å². The smallest absolute Gasteiger partial charge is 0.303 e. The Morgan fingerprint density at radius 1 is 1.04 bits per heavy atom. The van der Waals surface area contributed by atoms with Crippen molar-refractivity contribution in [2.75, 3.05) is 35.0 Å². The fourth-order valence-corrected chi connectivity index (χ4v) is 5.11. The van der Waals surface area contributed by atoms with E-state index in [4.69, 9.17) is 23.7 Å². The molecule has 7 heteroatoms. The van der Waals surface area contributed by atoms with Gasteiger partial charge in [-0.1, -0.05) is 6.08 Å². The van der Waals surface area contributed by atoms with Crippen LogP contribution in [0.1, 0.15) is 24.0 Å². The second-order valence-electron chi connectivity index (χ2n) is 7.44. The third-order valence-corrected chi connectivity index (χ3v) is 6.15. The van der Waals surface area contributed by atoms with Gasteiger partial charge in [-0.2, -0.15) is 0 Å². The summed E-state index contributed by atoms with van der Waals surface area (Å²) in [6, 6.07) is 4.14. The van der Waals surface area contributed by atoms with E-state index in [2.05, 4.69) is 11.0 Å². The normalized spacial score (nSPS) is 30.9. The second-order valence-corrected chi connectivity index (χ2v) is 7.44. The number of fused-ring (bicyclic) bond motifs is 2. The molecule has 4 rings (SSSR count). The number of carbonyl (C=O) groups excluding carboxylic acids is 1. The fraction of sp³-hybridized carbons (Fsp3) is 0.571. The van der Waals surface area contributed by atoms with Gasteiger partial charge in [0.1, 0.15) is 18.3 Å². The zero-order valence-electron chi connectivity index (χ0n) is 16.9. The molecule has 0 N–H and O–H groups in total. The highest BCUT2D eigenvalue weighted by Crippen LogP contribution is 2.51. The summed E-state index contributed by atoms with van der Waals surface area (Å²) in [6.45, 7) is 3.05. The van der Waals surface area contributed by atoms with Crippen molar-refractivity contribution in [2.45, 2.75) is 43.7 Å². The summed E-state index contributed by atoms with van der Waals surface area (Å²) in [4.78, 5) is 14.4. The van der Waals surface area contributed by atoms with Gasteiger partial charge in [0.15, 0.2) is 11.5 Å². The van der Waals surface area contributed by atoms with Crippen LogP contribution in [0.15, 0.2) is 23.8 Å². The van der Waals surface area contributed by atoms with E-state index in [0.29, 0.717) is 11.5 Å². The third-order valence-electron chi connectivity index (χ3n) is 6.15. The molecule has 5 atom stereocenters. The lowest BCUT2D eigenvalue weighted by Gasteiger charge is -2.50. The number of benzene rings is 1. The zero-order chi connectivity index (χ0) is 20.0. The van der Waals surface area contributed by atoms with Crippen molar-refractivity contribution in [1.82, 2.24) is 4.90 Å². The van der Waals surface area contributed by atoms with Crippen LogP contribution >= 0.6 is 0 Å². The topological polar surface area (TPSA) is 66.5 Å². The molecule has 28 heavy (non-hydrogen) atoms. The molecule has 0 unspecified atom stereocenters. The zero-order valence-corrected chi connectivity index (χ0v) is 16.9. The number of carbonyl (C=O) groups is 1. The Morgan fingerprint density at radius 2 is 1.75 bits per heavy atom. The van der Waals surface area contributed by atoms with E-state index in [9.17, 15) is 4.79 Å². The number of hydrogen-bond donors (Lipinski definition) is 0. The monoisotopic (exact) mass is 389 g/mol. The summed E-state index contributed by atoms with van der Waals surface area (Å²) in [5.41, 5.74) is 3.45. The van der Waals surface area contributed by atoms with Crippen molar-refractivity contribution in [3.8, 4) is 11.5 Å². The molecule has 0 bridgehead atoms. The molecule has 0 spiro atoms. The van der Waals surface area contributed by atoms with E-state index in [-0.39, 0.29) is 30.1 Å². The summed E-state index contributed by atoms with van der Waals surface area (Å²) in [5.74, 6) is 0.969. The van der Waals surface area contributed by atoms with Crippen LogP contribution < -0.4 is 9.47 Å². The van der Waals surface area contributed by atoms with Crippen LogP contribution in [0.25, 0.3) is 0 Å². The van der Waals surface area contributed by atoms with Gasteiger partial charge in [0.05, 0.1) is 14.2 Å². The van der Waals surface area contributed by atoms with Gasteiger partial charge >= 0.3 is 5.97 Å². The summed E-state index contributed by atoms with van der Waals surface area (Å²) >= 11 is 0. The number of methoxy groups -OCH3 is 4. The van der Waals surface area contributed by atoms with Crippen molar-refractivity contribution in [1.29, 1.82) is 0 Å². The van der Waals surface area contributed by atoms with Crippen LogP contribution in [-0.4, -0.2) is 70.2 Å². The molecule has 7 nitrogen and oxygen atoms in total. The van der Waals surface area contributed by atoms with Crippen molar-refractivity contribution >= 4 is 5.97 Å². The molecule has 2 heterocycles. The van der Waals surface area contributed by atoms with Crippen LogP contribution in [0.4, 0.5) is 0 Å². The summed E-state index contributed by atoms with van der Waals surface area (Å²) in [7, 11) is 6.58. The Hall–Kier alpha value is -2.09. The molecule has 0 aromatic heterocycles. The maximum Gasteiger partial charge on any atom is 0.303 e. The van der Waals surface area contributed by atoms with Gasteiger partial charge in [0, 0.05) is 46.2 Å². The van der Waals surface area contributed by atoms with Crippen molar-refractivity contribution in [3.63, 3.8) is 0 Å². The molecular formula is C21H27NO6. The lowest BCUT2D eigenvalue weighted by Crippen LogP contribution is -2.59. The van der Waals surface area contributed by atoms with Crippen LogP contribution in [-0.2, 0) is 25.5 Å². The Bertz CT molecular complexity index is 806. The molecule has 2 aliphatic heterocycles. The van der Waals surface area contributed by atoms with E-state index < -0.39 is 6.10 Å². The second kappa shape index (κ2) is 7.39. The summed E-state index contributed by atoms with van der Waals surface area (Å²) < 4.78 is 28.5.